The van der Waals surface area contributed by atoms with Crippen LogP contribution < -0.4 is 5.32 Å². The molecule has 0 amide bonds. The van der Waals surface area contributed by atoms with Gasteiger partial charge in [0.15, 0.2) is 0 Å². The molecule has 96 valence electrons. The summed E-state index contributed by atoms with van der Waals surface area (Å²) >= 11 is 5.20. The first-order valence-corrected chi connectivity index (χ1v) is 7.54. The first-order valence-electron chi connectivity index (χ1n) is 5.93. The summed E-state index contributed by atoms with van der Waals surface area (Å²) in [6.07, 6.45) is 2.09. The summed E-state index contributed by atoms with van der Waals surface area (Å²) in [4.78, 5) is 0. The van der Waals surface area contributed by atoms with Crippen LogP contribution in [0.3, 0.4) is 0 Å². The average Bonchev–Trinajstić information content (AvgIpc) is 2.77. The van der Waals surface area contributed by atoms with Crippen molar-refractivity contribution in [3.8, 4) is 10.6 Å². The third-order valence-corrected chi connectivity index (χ3v) is 4.06. The van der Waals surface area contributed by atoms with E-state index >= 15 is 0 Å². The standard InChI is InChI=1S/C13H16BrN3S/c1-9-6-10(8-11(14)7-9)13-17-16-12(18-13)4-3-5-15-2/h6-8,15H,3-5H2,1-2H3. The molecule has 2 aromatic rings. The Morgan fingerprint density at radius 3 is 2.83 bits per heavy atom. The summed E-state index contributed by atoms with van der Waals surface area (Å²) < 4.78 is 1.09. The van der Waals surface area contributed by atoms with Crippen LogP contribution in [0.5, 0.6) is 0 Å². The number of benzene rings is 1. The number of nitrogens with one attached hydrogen (secondary N) is 1. The van der Waals surface area contributed by atoms with Gasteiger partial charge in [-0.3, -0.25) is 0 Å². The van der Waals surface area contributed by atoms with Crippen LogP contribution in [-0.2, 0) is 6.42 Å². The summed E-state index contributed by atoms with van der Waals surface area (Å²) in [5, 5.41) is 13.8. The van der Waals surface area contributed by atoms with Crippen molar-refractivity contribution in [3.63, 3.8) is 0 Å². The van der Waals surface area contributed by atoms with Gasteiger partial charge in [-0.15, -0.1) is 10.2 Å². The largest absolute Gasteiger partial charge is 0.320 e. The van der Waals surface area contributed by atoms with Crippen molar-refractivity contribution in [2.24, 2.45) is 0 Å². The molecular weight excluding hydrogens is 310 g/mol. The molecule has 0 radical (unpaired) electrons. The number of aromatic nitrogens is 2. The summed E-state index contributed by atoms with van der Waals surface area (Å²) in [7, 11) is 1.97. The van der Waals surface area contributed by atoms with Crippen molar-refractivity contribution >= 4 is 27.3 Å². The molecule has 1 N–H and O–H groups in total. The van der Waals surface area contributed by atoms with Crippen molar-refractivity contribution in [2.75, 3.05) is 13.6 Å². The predicted octanol–water partition coefficient (Wildman–Crippen LogP) is 3.43. The molecule has 0 atom stereocenters. The molecular formula is C13H16BrN3S. The zero-order valence-corrected chi connectivity index (χ0v) is 12.9. The van der Waals surface area contributed by atoms with Gasteiger partial charge in [-0.1, -0.05) is 27.3 Å². The van der Waals surface area contributed by atoms with E-state index in [1.807, 2.05) is 7.05 Å². The number of nitrogens with zero attached hydrogens (tertiary/aromatic N) is 2. The highest BCUT2D eigenvalue weighted by atomic mass is 79.9. The van der Waals surface area contributed by atoms with Gasteiger partial charge in [0.05, 0.1) is 0 Å². The van der Waals surface area contributed by atoms with Crippen molar-refractivity contribution in [1.82, 2.24) is 15.5 Å². The lowest BCUT2D eigenvalue weighted by Crippen LogP contribution is -2.08. The maximum absolute atomic E-state index is 4.27. The van der Waals surface area contributed by atoms with Crippen LogP contribution in [-0.4, -0.2) is 23.8 Å². The fraction of sp³-hybridized carbons (Fsp3) is 0.385. The van der Waals surface area contributed by atoms with Crippen LogP contribution in [0, 0.1) is 6.92 Å². The SMILES string of the molecule is CNCCCc1nnc(-c2cc(C)cc(Br)c2)s1. The molecule has 1 aromatic carbocycles. The Morgan fingerprint density at radius 1 is 1.28 bits per heavy atom. The fourth-order valence-corrected chi connectivity index (χ4v) is 3.22. The molecule has 0 spiro atoms. The molecule has 2 rings (SSSR count). The summed E-state index contributed by atoms with van der Waals surface area (Å²) in [6, 6.07) is 6.33. The minimum atomic E-state index is 0.992. The van der Waals surface area contributed by atoms with E-state index in [9.17, 15) is 0 Å². The Balaban J connectivity index is 2.13. The highest BCUT2D eigenvalue weighted by Gasteiger charge is 2.07. The normalized spacial score (nSPS) is 10.8. The molecule has 0 fully saturated rings. The van der Waals surface area contributed by atoms with Gasteiger partial charge in [-0.25, -0.2) is 0 Å². The minimum absolute atomic E-state index is 0.992. The lowest BCUT2D eigenvalue weighted by molar-refractivity contribution is 0.718. The second-order valence-corrected chi connectivity index (χ2v) is 6.20. The molecule has 1 heterocycles. The Hall–Kier alpha value is -0.780. The number of rotatable bonds is 5. The lowest BCUT2D eigenvalue weighted by atomic mass is 10.1. The third-order valence-electron chi connectivity index (χ3n) is 2.57. The first kappa shape index (κ1) is 13.6. The molecule has 3 nitrogen and oxygen atoms in total. The van der Waals surface area contributed by atoms with Gasteiger partial charge in [0, 0.05) is 16.5 Å². The first-order chi connectivity index (χ1) is 8.69. The molecule has 0 aliphatic rings. The number of halogens is 1. The van der Waals surface area contributed by atoms with Crippen molar-refractivity contribution < 1.29 is 0 Å². The van der Waals surface area contributed by atoms with E-state index in [4.69, 9.17) is 0 Å². The van der Waals surface area contributed by atoms with Gasteiger partial charge < -0.3 is 5.32 Å². The maximum Gasteiger partial charge on any atom is 0.147 e. The zero-order chi connectivity index (χ0) is 13.0. The van der Waals surface area contributed by atoms with E-state index in [1.54, 1.807) is 11.3 Å². The van der Waals surface area contributed by atoms with Crippen LogP contribution in [0.2, 0.25) is 0 Å². The highest BCUT2D eigenvalue weighted by molar-refractivity contribution is 9.10. The minimum Gasteiger partial charge on any atom is -0.320 e. The third kappa shape index (κ3) is 3.60. The highest BCUT2D eigenvalue weighted by Crippen LogP contribution is 2.27. The molecule has 0 aliphatic heterocycles. The van der Waals surface area contributed by atoms with Crippen LogP contribution in [0.4, 0.5) is 0 Å². The second-order valence-electron chi connectivity index (χ2n) is 4.23. The van der Waals surface area contributed by atoms with Crippen LogP contribution >= 0.6 is 27.3 Å². The quantitative estimate of drug-likeness (QED) is 0.856. The molecule has 0 aliphatic carbocycles. The summed E-state index contributed by atoms with van der Waals surface area (Å²) in [5.41, 5.74) is 2.37. The van der Waals surface area contributed by atoms with E-state index in [0.717, 1.165) is 39.4 Å². The summed E-state index contributed by atoms with van der Waals surface area (Å²) in [6.45, 7) is 3.11. The van der Waals surface area contributed by atoms with Crippen LogP contribution in [0.1, 0.15) is 17.0 Å². The van der Waals surface area contributed by atoms with Crippen LogP contribution in [0.15, 0.2) is 22.7 Å². The van der Waals surface area contributed by atoms with Gasteiger partial charge in [0.1, 0.15) is 10.0 Å². The van der Waals surface area contributed by atoms with Crippen LogP contribution in [0.25, 0.3) is 10.6 Å². The Morgan fingerprint density at radius 2 is 2.11 bits per heavy atom. The average molecular weight is 326 g/mol. The smallest absolute Gasteiger partial charge is 0.147 e. The van der Waals surface area contributed by atoms with Crippen molar-refractivity contribution in [1.29, 1.82) is 0 Å². The fourth-order valence-electron chi connectivity index (χ4n) is 1.75. The Bertz CT molecular complexity index is 504. The van der Waals surface area contributed by atoms with Crippen molar-refractivity contribution in [3.05, 3.63) is 33.2 Å². The maximum atomic E-state index is 4.27. The van der Waals surface area contributed by atoms with Gasteiger partial charge in [0.25, 0.3) is 0 Å². The second kappa shape index (κ2) is 6.41. The van der Waals surface area contributed by atoms with E-state index in [0.29, 0.717) is 0 Å². The molecule has 5 heteroatoms. The van der Waals surface area contributed by atoms with Gasteiger partial charge in [0.2, 0.25) is 0 Å². The summed E-state index contributed by atoms with van der Waals surface area (Å²) in [5.74, 6) is 0. The topological polar surface area (TPSA) is 37.8 Å². The molecule has 18 heavy (non-hydrogen) atoms. The Labute approximate surface area is 120 Å². The number of hydrogen-bond acceptors (Lipinski definition) is 4. The van der Waals surface area contributed by atoms with Gasteiger partial charge >= 0.3 is 0 Å². The number of aryl methyl sites for hydroxylation is 2. The number of hydrogen-bond donors (Lipinski definition) is 1. The van der Waals surface area contributed by atoms with E-state index in [-0.39, 0.29) is 0 Å². The molecule has 0 bridgehead atoms. The van der Waals surface area contributed by atoms with E-state index in [2.05, 4.69) is 56.6 Å². The molecule has 1 aromatic heterocycles. The van der Waals surface area contributed by atoms with Gasteiger partial charge in [-0.2, -0.15) is 0 Å². The lowest BCUT2D eigenvalue weighted by Gasteiger charge is -1.99. The monoisotopic (exact) mass is 325 g/mol. The Kier molecular flexibility index (Phi) is 4.86. The predicted molar refractivity (Wildman–Crippen MR) is 80.0 cm³/mol. The molecule has 0 saturated heterocycles. The molecule has 0 saturated carbocycles. The van der Waals surface area contributed by atoms with Gasteiger partial charge in [-0.05, 0) is 50.7 Å². The zero-order valence-electron chi connectivity index (χ0n) is 10.5. The van der Waals surface area contributed by atoms with E-state index in [1.165, 1.54) is 5.56 Å². The van der Waals surface area contributed by atoms with Crippen molar-refractivity contribution in [2.45, 2.75) is 19.8 Å². The molecule has 0 unspecified atom stereocenters. The van der Waals surface area contributed by atoms with E-state index < -0.39 is 0 Å².